The molecule has 1 amide bonds. The first-order valence-electron chi connectivity index (χ1n) is 8.35. The average Bonchev–Trinajstić information content (AvgIpc) is 2.68. The van der Waals surface area contributed by atoms with Gasteiger partial charge in [0.05, 0.1) is 6.54 Å². The number of fused-ring (bicyclic) bond motifs is 3. The summed E-state index contributed by atoms with van der Waals surface area (Å²) in [5.41, 5.74) is 0.889. The molecule has 0 bridgehead atoms. The fraction of sp³-hybridized carbons (Fsp3) is 0.0476. The van der Waals surface area contributed by atoms with Gasteiger partial charge >= 0.3 is 5.63 Å². The molecule has 0 aliphatic carbocycles. The van der Waals surface area contributed by atoms with Crippen LogP contribution in [0, 0.1) is 0 Å². The molecule has 4 aromatic rings. The Morgan fingerprint density at radius 1 is 0.963 bits per heavy atom. The van der Waals surface area contributed by atoms with Crippen LogP contribution in [0.4, 0.5) is 11.4 Å². The molecule has 4 rings (SSSR count). The van der Waals surface area contributed by atoms with Gasteiger partial charge in [-0.05, 0) is 35.7 Å². The van der Waals surface area contributed by atoms with E-state index in [0.29, 0.717) is 16.3 Å². The molecule has 0 aliphatic rings. The van der Waals surface area contributed by atoms with Gasteiger partial charge in [-0.2, -0.15) is 0 Å². The molecule has 0 unspecified atom stereocenters. The van der Waals surface area contributed by atoms with Crippen molar-refractivity contribution in [1.82, 2.24) is 0 Å². The highest BCUT2D eigenvalue weighted by atomic mass is 35.5. The summed E-state index contributed by atoms with van der Waals surface area (Å²) in [7, 11) is 0. The van der Waals surface area contributed by atoms with E-state index in [1.807, 2.05) is 36.4 Å². The van der Waals surface area contributed by atoms with Crippen molar-refractivity contribution < 1.29 is 9.21 Å². The van der Waals surface area contributed by atoms with Crippen LogP contribution in [-0.4, -0.2) is 12.5 Å². The first kappa shape index (κ1) is 17.1. The molecule has 5 nitrogen and oxygen atoms in total. The first-order chi connectivity index (χ1) is 13.1. The standard InChI is InChI=1S/C21H15ClN2O3/c22-15-7-9-16(10-8-15)24-19(25)12-23-18-11-14-6-5-13-3-1-2-4-17(13)20(14)27-21(18)26/h1-11,23H,12H2,(H,24,25). The summed E-state index contributed by atoms with van der Waals surface area (Å²) in [6, 6.07) is 20.0. The smallest absolute Gasteiger partial charge is 0.359 e. The van der Waals surface area contributed by atoms with Crippen molar-refractivity contribution >= 4 is 50.6 Å². The normalized spacial score (nSPS) is 10.9. The number of amides is 1. The molecule has 2 N–H and O–H groups in total. The van der Waals surface area contributed by atoms with Gasteiger partial charge in [-0.25, -0.2) is 4.79 Å². The number of carbonyl (C=O) groups is 1. The molecule has 0 radical (unpaired) electrons. The van der Waals surface area contributed by atoms with Gasteiger partial charge in [0.2, 0.25) is 5.91 Å². The highest BCUT2D eigenvalue weighted by molar-refractivity contribution is 6.30. The molecule has 0 saturated heterocycles. The van der Waals surface area contributed by atoms with Crippen LogP contribution in [-0.2, 0) is 4.79 Å². The predicted octanol–water partition coefficient (Wildman–Crippen LogP) is 4.65. The number of nitrogens with one attached hydrogen (secondary N) is 2. The molecule has 134 valence electrons. The lowest BCUT2D eigenvalue weighted by atomic mass is 10.1. The van der Waals surface area contributed by atoms with Crippen LogP contribution in [0.1, 0.15) is 0 Å². The lowest BCUT2D eigenvalue weighted by Gasteiger charge is -2.08. The molecule has 1 aromatic heterocycles. The zero-order valence-corrected chi connectivity index (χ0v) is 14.9. The molecule has 3 aromatic carbocycles. The monoisotopic (exact) mass is 378 g/mol. The number of hydrogen-bond donors (Lipinski definition) is 2. The van der Waals surface area contributed by atoms with Crippen molar-refractivity contribution in [2.75, 3.05) is 17.2 Å². The summed E-state index contributed by atoms with van der Waals surface area (Å²) >= 11 is 5.82. The van der Waals surface area contributed by atoms with Gasteiger partial charge in [0, 0.05) is 21.5 Å². The van der Waals surface area contributed by atoms with Gasteiger partial charge in [-0.3, -0.25) is 4.79 Å². The first-order valence-corrected chi connectivity index (χ1v) is 8.73. The fourth-order valence-electron chi connectivity index (χ4n) is 2.89. The third-order valence-electron chi connectivity index (χ3n) is 4.19. The summed E-state index contributed by atoms with van der Waals surface area (Å²) in [6.07, 6.45) is 0. The number of rotatable bonds is 4. The van der Waals surface area contributed by atoms with E-state index in [0.717, 1.165) is 16.2 Å². The summed E-state index contributed by atoms with van der Waals surface area (Å²) in [5.74, 6) is -0.282. The van der Waals surface area contributed by atoms with Crippen LogP contribution < -0.4 is 16.3 Å². The zero-order chi connectivity index (χ0) is 18.8. The quantitative estimate of drug-likeness (QED) is 0.400. The third kappa shape index (κ3) is 3.64. The molecule has 0 atom stereocenters. The van der Waals surface area contributed by atoms with Crippen molar-refractivity contribution in [2.24, 2.45) is 0 Å². The van der Waals surface area contributed by atoms with E-state index in [1.165, 1.54) is 0 Å². The van der Waals surface area contributed by atoms with Gasteiger partial charge in [-0.1, -0.05) is 48.0 Å². The Balaban J connectivity index is 1.54. The van der Waals surface area contributed by atoms with Crippen LogP contribution in [0.3, 0.4) is 0 Å². The molecular formula is C21H15ClN2O3. The van der Waals surface area contributed by atoms with E-state index >= 15 is 0 Å². The Morgan fingerprint density at radius 3 is 2.52 bits per heavy atom. The average molecular weight is 379 g/mol. The number of benzene rings is 3. The Morgan fingerprint density at radius 2 is 1.70 bits per heavy atom. The fourth-order valence-corrected chi connectivity index (χ4v) is 3.01. The number of anilines is 2. The van der Waals surface area contributed by atoms with Crippen LogP contribution in [0.15, 0.2) is 75.9 Å². The van der Waals surface area contributed by atoms with E-state index in [-0.39, 0.29) is 18.1 Å². The van der Waals surface area contributed by atoms with Crippen LogP contribution in [0.25, 0.3) is 21.7 Å². The summed E-state index contributed by atoms with van der Waals surface area (Å²) in [6.45, 7) is -0.0630. The maximum absolute atomic E-state index is 12.3. The van der Waals surface area contributed by atoms with E-state index in [9.17, 15) is 9.59 Å². The van der Waals surface area contributed by atoms with E-state index in [1.54, 1.807) is 30.3 Å². The van der Waals surface area contributed by atoms with Gasteiger partial charge in [-0.15, -0.1) is 0 Å². The molecule has 0 spiro atoms. The van der Waals surface area contributed by atoms with Gasteiger partial charge < -0.3 is 15.1 Å². The minimum Gasteiger partial charge on any atom is -0.421 e. The van der Waals surface area contributed by atoms with E-state index in [2.05, 4.69) is 10.6 Å². The predicted molar refractivity (Wildman–Crippen MR) is 109 cm³/mol. The molecular weight excluding hydrogens is 364 g/mol. The summed E-state index contributed by atoms with van der Waals surface area (Å²) in [5, 5.41) is 8.81. The molecule has 0 aliphatic heterocycles. The van der Waals surface area contributed by atoms with Gasteiger partial charge in [0.25, 0.3) is 0 Å². The van der Waals surface area contributed by atoms with Crippen molar-refractivity contribution in [1.29, 1.82) is 0 Å². The maximum atomic E-state index is 12.3. The Kier molecular flexibility index (Phi) is 4.52. The minimum atomic E-state index is -0.516. The van der Waals surface area contributed by atoms with Crippen molar-refractivity contribution in [2.45, 2.75) is 0 Å². The van der Waals surface area contributed by atoms with Crippen LogP contribution in [0.5, 0.6) is 0 Å². The highest BCUT2D eigenvalue weighted by Crippen LogP contribution is 2.25. The molecule has 1 heterocycles. The van der Waals surface area contributed by atoms with Gasteiger partial charge in [0.1, 0.15) is 11.3 Å². The largest absolute Gasteiger partial charge is 0.421 e. The minimum absolute atomic E-state index is 0.0630. The summed E-state index contributed by atoms with van der Waals surface area (Å²) < 4.78 is 5.51. The highest BCUT2D eigenvalue weighted by Gasteiger charge is 2.10. The molecule has 27 heavy (non-hydrogen) atoms. The van der Waals surface area contributed by atoms with Crippen LogP contribution in [0.2, 0.25) is 5.02 Å². The second-order valence-electron chi connectivity index (χ2n) is 6.06. The Bertz CT molecular complexity index is 1200. The number of hydrogen-bond acceptors (Lipinski definition) is 4. The Hall–Kier alpha value is -3.31. The second kappa shape index (κ2) is 7.13. The second-order valence-corrected chi connectivity index (χ2v) is 6.50. The third-order valence-corrected chi connectivity index (χ3v) is 4.44. The topological polar surface area (TPSA) is 71.3 Å². The number of halogens is 1. The lowest BCUT2D eigenvalue weighted by Crippen LogP contribution is -2.24. The summed E-state index contributed by atoms with van der Waals surface area (Å²) in [4.78, 5) is 24.4. The van der Waals surface area contributed by atoms with Crippen molar-refractivity contribution in [3.63, 3.8) is 0 Å². The SMILES string of the molecule is O=C(CNc1cc2ccc3ccccc3c2oc1=O)Nc1ccc(Cl)cc1. The number of carbonyl (C=O) groups excluding carboxylic acids is 1. The molecule has 0 fully saturated rings. The lowest BCUT2D eigenvalue weighted by molar-refractivity contribution is -0.114. The molecule has 0 saturated carbocycles. The molecule has 6 heteroatoms. The van der Waals surface area contributed by atoms with E-state index < -0.39 is 5.63 Å². The van der Waals surface area contributed by atoms with Crippen molar-refractivity contribution in [3.05, 3.63) is 82.2 Å². The maximum Gasteiger partial charge on any atom is 0.359 e. The van der Waals surface area contributed by atoms with Gasteiger partial charge in [0.15, 0.2) is 0 Å². The van der Waals surface area contributed by atoms with Crippen LogP contribution >= 0.6 is 11.6 Å². The Labute approximate surface area is 159 Å². The van der Waals surface area contributed by atoms with E-state index in [4.69, 9.17) is 16.0 Å². The van der Waals surface area contributed by atoms with Crippen molar-refractivity contribution in [3.8, 4) is 0 Å². The zero-order valence-electron chi connectivity index (χ0n) is 14.2.